The Morgan fingerprint density at radius 1 is 1.35 bits per heavy atom. The van der Waals surface area contributed by atoms with Gasteiger partial charge in [-0.3, -0.25) is 4.79 Å². The van der Waals surface area contributed by atoms with Crippen LogP contribution in [0.4, 0.5) is 4.79 Å². The summed E-state index contributed by atoms with van der Waals surface area (Å²) >= 11 is 0. The van der Waals surface area contributed by atoms with Gasteiger partial charge in [0.25, 0.3) is 0 Å². The summed E-state index contributed by atoms with van der Waals surface area (Å²) in [6.45, 7) is 3.64. The Morgan fingerprint density at radius 2 is 1.94 bits per heavy atom. The molecule has 1 fully saturated rings. The first kappa shape index (κ1) is 13.3. The molecule has 1 saturated heterocycles. The van der Waals surface area contributed by atoms with E-state index in [0.29, 0.717) is 13.1 Å². The molecule has 0 saturated carbocycles. The number of hydrogen-bond donors (Lipinski definition) is 2. The quantitative estimate of drug-likeness (QED) is 0.673. The maximum absolute atomic E-state index is 11.8. The second kappa shape index (κ2) is 4.60. The van der Waals surface area contributed by atoms with Gasteiger partial charge in [-0.05, 0) is 13.8 Å². The van der Waals surface area contributed by atoms with Crippen molar-refractivity contribution in [3.8, 4) is 0 Å². The highest BCUT2D eigenvalue weighted by atomic mass is 16.4. The minimum Gasteiger partial charge on any atom is -0.480 e. The number of carboxylic acid groups (broad SMARTS) is 1. The molecular formula is C10H17N3O4. The summed E-state index contributed by atoms with van der Waals surface area (Å²) in [4.78, 5) is 36.8. The van der Waals surface area contributed by atoms with Crippen LogP contribution in [-0.2, 0) is 9.59 Å². The van der Waals surface area contributed by atoms with Gasteiger partial charge in [-0.2, -0.15) is 0 Å². The molecule has 7 heteroatoms. The van der Waals surface area contributed by atoms with E-state index in [0.717, 1.165) is 0 Å². The lowest BCUT2D eigenvalue weighted by Crippen LogP contribution is -2.58. The summed E-state index contributed by atoms with van der Waals surface area (Å²) in [6.07, 6.45) is 0. The maximum atomic E-state index is 11.8. The van der Waals surface area contributed by atoms with Crippen LogP contribution in [0.1, 0.15) is 13.8 Å². The fourth-order valence-corrected chi connectivity index (χ4v) is 1.33. The lowest BCUT2D eigenvalue weighted by Gasteiger charge is -2.33. The van der Waals surface area contributed by atoms with E-state index in [1.165, 1.54) is 23.6 Å². The zero-order valence-electron chi connectivity index (χ0n) is 10.2. The number of rotatable bonds is 2. The standard InChI is InChI=1S/C10H17N3O4/c1-10(2,8(15)16)11-9(17)13-5-4-12(3)7(14)6-13/h4-6H2,1-3H3,(H,11,17)(H,15,16). The van der Waals surface area contributed by atoms with Gasteiger partial charge in [-0.25, -0.2) is 9.59 Å². The molecule has 3 amide bonds. The summed E-state index contributed by atoms with van der Waals surface area (Å²) in [6, 6.07) is -0.529. The number of urea groups is 1. The summed E-state index contributed by atoms with van der Waals surface area (Å²) in [5, 5.41) is 11.3. The third-order valence-corrected chi connectivity index (χ3v) is 2.70. The number of carbonyl (C=O) groups is 3. The van der Waals surface area contributed by atoms with Crippen LogP contribution >= 0.6 is 0 Å². The lowest BCUT2D eigenvalue weighted by atomic mass is 10.1. The van der Waals surface area contributed by atoms with Crippen molar-refractivity contribution in [2.75, 3.05) is 26.7 Å². The molecular weight excluding hydrogens is 226 g/mol. The Labute approximate surface area is 99.4 Å². The molecule has 0 spiro atoms. The molecule has 0 aromatic carbocycles. The van der Waals surface area contributed by atoms with Crippen LogP contribution in [0.15, 0.2) is 0 Å². The van der Waals surface area contributed by atoms with Gasteiger partial charge in [0, 0.05) is 20.1 Å². The molecule has 96 valence electrons. The van der Waals surface area contributed by atoms with E-state index in [1.807, 2.05) is 0 Å². The summed E-state index contributed by atoms with van der Waals surface area (Å²) in [7, 11) is 1.67. The second-order valence-corrected chi connectivity index (χ2v) is 4.60. The molecule has 2 N–H and O–H groups in total. The highest BCUT2D eigenvalue weighted by Gasteiger charge is 2.32. The SMILES string of the molecule is CN1CCN(C(=O)NC(C)(C)C(=O)O)CC1=O. The smallest absolute Gasteiger partial charge is 0.328 e. The van der Waals surface area contributed by atoms with Gasteiger partial charge in [-0.15, -0.1) is 0 Å². The van der Waals surface area contributed by atoms with Gasteiger partial charge in [0.2, 0.25) is 5.91 Å². The first-order valence-electron chi connectivity index (χ1n) is 5.28. The Kier molecular flexibility index (Phi) is 3.59. The fourth-order valence-electron chi connectivity index (χ4n) is 1.33. The van der Waals surface area contributed by atoms with Crippen LogP contribution in [0, 0.1) is 0 Å². The Balaban J connectivity index is 2.60. The summed E-state index contributed by atoms with van der Waals surface area (Å²) in [5.41, 5.74) is -1.34. The predicted octanol–water partition coefficient (Wildman–Crippen LogP) is -0.667. The number of carbonyl (C=O) groups excluding carboxylic acids is 2. The van der Waals surface area contributed by atoms with Crippen molar-refractivity contribution in [3.63, 3.8) is 0 Å². The van der Waals surface area contributed by atoms with Crippen LogP contribution in [0.5, 0.6) is 0 Å². The van der Waals surface area contributed by atoms with Crippen LogP contribution < -0.4 is 5.32 Å². The van der Waals surface area contributed by atoms with Gasteiger partial charge in [0.15, 0.2) is 0 Å². The number of hydrogen-bond acceptors (Lipinski definition) is 3. The number of aliphatic carboxylic acids is 1. The summed E-state index contributed by atoms with van der Waals surface area (Å²) in [5.74, 6) is -1.27. The van der Waals surface area contributed by atoms with E-state index in [9.17, 15) is 14.4 Å². The third kappa shape index (κ3) is 3.08. The fraction of sp³-hybridized carbons (Fsp3) is 0.700. The highest BCUT2D eigenvalue weighted by Crippen LogP contribution is 2.06. The zero-order chi connectivity index (χ0) is 13.2. The van der Waals surface area contributed by atoms with Crippen molar-refractivity contribution < 1.29 is 19.5 Å². The molecule has 1 heterocycles. The normalized spacial score (nSPS) is 17.0. The Hall–Kier alpha value is -1.79. The molecule has 0 unspecified atom stereocenters. The number of piperazine rings is 1. The Morgan fingerprint density at radius 3 is 2.41 bits per heavy atom. The first-order chi connectivity index (χ1) is 7.74. The van der Waals surface area contributed by atoms with Gasteiger partial charge in [0.05, 0.1) is 0 Å². The van der Waals surface area contributed by atoms with Crippen molar-refractivity contribution in [1.29, 1.82) is 0 Å². The van der Waals surface area contributed by atoms with Crippen LogP contribution in [0.2, 0.25) is 0 Å². The largest absolute Gasteiger partial charge is 0.480 e. The number of nitrogens with zero attached hydrogens (tertiary/aromatic N) is 2. The maximum Gasteiger partial charge on any atom is 0.328 e. The van der Waals surface area contributed by atoms with Crippen molar-refractivity contribution in [3.05, 3.63) is 0 Å². The molecule has 17 heavy (non-hydrogen) atoms. The molecule has 7 nitrogen and oxygen atoms in total. The number of likely N-dealkylation sites (N-methyl/N-ethyl adjacent to an activating group) is 1. The lowest BCUT2D eigenvalue weighted by molar-refractivity contribution is -0.143. The highest BCUT2D eigenvalue weighted by molar-refractivity contribution is 5.88. The van der Waals surface area contributed by atoms with Gasteiger partial charge >= 0.3 is 12.0 Å². The average Bonchev–Trinajstić information content (AvgIpc) is 2.21. The predicted molar refractivity (Wildman–Crippen MR) is 59.5 cm³/mol. The van der Waals surface area contributed by atoms with E-state index in [2.05, 4.69) is 5.32 Å². The monoisotopic (exact) mass is 243 g/mol. The molecule has 1 aliphatic rings. The van der Waals surface area contributed by atoms with Gasteiger partial charge < -0.3 is 20.2 Å². The van der Waals surface area contributed by atoms with E-state index in [4.69, 9.17) is 5.11 Å². The Bertz CT molecular complexity index is 353. The zero-order valence-corrected chi connectivity index (χ0v) is 10.2. The number of carboxylic acids is 1. The minimum absolute atomic E-state index is 0.0158. The van der Waals surface area contributed by atoms with Crippen LogP contribution in [0.25, 0.3) is 0 Å². The third-order valence-electron chi connectivity index (χ3n) is 2.70. The molecule has 0 aromatic heterocycles. The average molecular weight is 243 g/mol. The molecule has 0 radical (unpaired) electrons. The number of amides is 3. The first-order valence-corrected chi connectivity index (χ1v) is 5.28. The summed E-state index contributed by atoms with van der Waals surface area (Å²) < 4.78 is 0. The van der Waals surface area contributed by atoms with E-state index in [-0.39, 0.29) is 12.5 Å². The molecule has 1 rings (SSSR count). The van der Waals surface area contributed by atoms with E-state index >= 15 is 0 Å². The molecule has 0 bridgehead atoms. The molecule has 0 aliphatic carbocycles. The molecule has 1 aliphatic heterocycles. The minimum atomic E-state index is -1.34. The van der Waals surface area contributed by atoms with Crippen molar-refractivity contribution >= 4 is 17.9 Å². The van der Waals surface area contributed by atoms with E-state index in [1.54, 1.807) is 7.05 Å². The molecule has 0 atom stereocenters. The van der Waals surface area contributed by atoms with Crippen LogP contribution in [0.3, 0.4) is 0 Å². The number of nitrogens with one attached hydrogen (secondary N) is 1. The molecule has 0 aromatic rings. The van der Waals surface area contributed by atoms with Gasteiger partial charge in [-0.1, -0.05) is 0 Å². The van der Waals surface area contributed by atoms with Crippen molar-refractivity contribution in [2.24, 2.45) is 0 Å². The second-order valence-electron chi connectivity index (χ2n) is 4.60. The van der Waals surface area contributed by atoms with E-state index < -0.39 is 17.5 Å². The topological polar surface area (TPSA) is 89.9 Å². The van der Waals surface area contributed by atoms with Crippen molar-refractivity contribution in [1.82, 2.24) is 15.1 Å². The van der Waals surface area contributed by atoms with Crippen LogP contribution in [-0.4, -0.2) is 65.0 Å². The van der Waals surface area contributed by atoms with Crippen molar-refractivity contribution in [2.45, 2.75) is 19.4 Å². The van der Waals surface area contributed by atoms with Gasteiger partial charge in [0.1, 0.15) is 12.1 Å².